The van der Waals surface area contributed by atoms with Gasteiger partial charge in [0.1, 0.15) is 9.79 Å². The second kappa shape index (κ2) is 6.53. The molecule has 2 amide bonds. The van der Waals surface area contributed by atoms with Gasteiger partial charge in [-0.15, -0.1) is 7.77 Å². The van der Waals surface area contributed by atoms with Crippen LogP contribution in [-0.4, -0.2) is 22.9 Å². The highest BCUT2D eigenvalue weighted by Gasteiger charge is 2.20. The van der Waals surface area contributed by atoms with Crippen LogP contribution in [0.3, 0.4) is 0 Å². The smallest absolute Gasteiger partial charge is 0.306 e. The van der Waals surface area contributed by atoms with Gasteiger partial charge >= 0.3 is 26.5 Å². The maximum absolute atomic E-state index is 13.2. The van der Waals surface area contributed by atoms with Crippen molar-refractivity contribution in [3.05, 3.63) is 48.5 Å². The number of benzene rings is 2. The summed E-state index contributed by atoms with van der Waals surface area (Å²) in [6, 6.07) is 8.25. The van der Waals surface area contributed by atoms with Crippen LogP contribution in [0.25, 0.3) is 0 Å². The Kier molecular flexibility index (Phi) is 4.85. The van der Waals surface area contributed by atoms with Gasteiger partial charge in [-0.05, 0) is 24.3 Å². The molecule has 0 aliphatic carbocycles. The molecule has 2 rings (SSSR count). The van der Waals surface area contributed by atoms with Gasteiger partial charge in [-0.25, -0.2) is 4.79 Å². The number of halogens is 2. The summed E-state index contributed by atoms with van der Waals surface area (Å²) in [5.41, 5.74) is -0.726. The molecule has 2 aromatic rings. The Bertz CT molecular complexity index is 911. The average molecular weight is 376 g/mol. The molecule has 0 radical (unpaired) electrons. The predicted molar refractivity (Wildman–Crippen MR) is 82.1 cm³/mol. The fraction of sp³-hybridized carbons (Fsp3) is 0. The zero-order valence-electron chi connectivity index (χ0n) is 11.7. The molecule has 0 atom stereocenters. The van der Waals surface area contributed by atoms with E-state index in [1.807, 2.05) is 0 Å². The molecule has 24 heavy (non-hydrogen) atoms. The first-order valence-corrected chi connectivity index (χ1v) is 9.01. The summed E-state index contributed by atoms with van der Waals surface area (Å²) in [6.45, 7) is 0. The Balaban J connectivity index is 2.29. The van der Waals surface area contributed by atoms with Gasteiger partial charge in [0.25, 0.3) is 0 Å². The SMILES string of the molecule is O=C(Nc1ccccc1S(=O)(=O)F)Nc1ccccc1S(=O)(=O)F. The normalized spacial score (nSPS) is 11.8. The van der Waals surface area contributed by atoms with Crippen molar-refractivity contribution in [1.82, 2.24) is 0 Å². The molecule has 0 aliphatic rings. The summed E-state index contributed by atoms with van der Waals surface area (Å²) in [5, 5.41) is 4.12. The third kappa shape index (κ3) is 4.26. The number of carbonyl (C=O) groups is 1. The minimum Gasteiger partial charge on any atom is -0.306 e. The molecule has 0 heterocycles. The second-order valence-electron chi connectivity index (χ2n) is 4.45. The van der Waals surface area contributed by atoms with Gasteiger partial charge in [0.15, 0.2) is 0 Å². The van der Waals surface area contributed by atoms with Crippen molar-refractivity contribution in [3.8, 4) is 0 Å². The van der Waals surface area contributed by atoms with Crippen LogP contribution < -0.4 is 10.6 Å². The number of rotatable bonds is 4. The largest absolute Gasteiger partial charge is 0.334 e. The molecular formula is C13H10F2N2O5S2. The van der Waals surface area contributed by atoms with Gasteiger partial charge in [0.05, 0.1) is 11.4 Å². The average Bonchev–Trinajstić information content (AvgIpc) is 2.46. The minimum atomic E-state index is -5.08. The summed E-state index contributed by atoms with van der Waals surface area (Å²) >= 11 is 0. The van der Waals surface area contributed by atoms with Crippen molar-refractivity contribution >= 4 is 37.9 Å². The van der Waals surface area contributed by atoms with E-state index in [0.29, 0.717) is 0 Å². The quantitative estimate of drug-likeness (QED) is 0.797. The maximum atomic E-state index is 13.2. The van der Waals surface area contributed by atoms with Gasteiger partial charge in [-0.1, -0.05) is 24.3 Å². The number of hydrogen-bond acceptors (Lipinski definition) is 5. The van der Waals surface area contributed by atoms with Crippen molar-refractivity contribution in [2.75, 3.05) is 10.6 Å². The van der Waals surface area contributed by atoms with Crippen LogP contribution in [0.4, 0.5) is 23.9 Å². The monoisotopic (exact) mass is 376 g/mol. The summed E-state index contributed by atoms with van der Waals surface area (Å²) in [5.74, 6) is 0. The Morgan fingerprint density at radius 1 is 0.708 bits per heavy atom. The Labute approximate surface area is 136 Å². The molecule has 0 unspecified atom stereocenters. The van der Waals surface area contributed by atoms with E-state index in [9.17, 15) is 29.4 Å². The van der Waals surface area contributed by atoms with E-state index in [1.165, 1.54) is 24.3 Å². The molecule has 0 aliphatic heterocycles. The molecule has 11 heteroatoms. The topological polar surface area (TPSA) is 109 Å². The standard InChI is InChI=1S/C13H10F2N2O5S2/c14-23(19,20)11-7-3-1-5-9(11)16-13(18)17-10-6-2-4-8-12(10)24(15,21)22/h1-8H,(H2,16,17,18). The fourth-order valence-corrected chi connectivity index (χ4v) is 3.09. The van der Waals surface area contributed by atoms with Crippen molar-refractivity contribution in [1.29, 1.82) is 0 Å². The summed E-state index contributed by atoms with van der Waals surface area (Å²) in [7, 11) is -10.2. The highest BCUT2D eigenvalue weighted by Crippen LogP contribution is 2.25. The van der Waals surface area contributed by atoms with Gasteiger partial charge in [-0.2, -0.15) is 16.8 Å². The van der Waals surface area contributed by atoms with E-state index in [4.69, 9.17) is 0 Å². The molecular weight excluding hydrogens is 366 g/mol. The lowest BCUT2D eigenvalue weighted by Crippen LogP contribution is -2.21. The third-order valence-electron chi connectivity index (χ3n) is 2.80. The van der Waals surface area contributed by atoms with Crippen molar-refractivity contribution in [3.63, 3.8) is 0 Å². The lowest BCUT2D eigenvalue weighted by Gasteiger charge is -2.11. The third-order valence-corrected chi connectivity index (χ3v) is 4.56. The first kappa shape index (κ1) is 17.8. The molecule has 2 aromatic carbocycles. The first-order chi connectivity index (χ1) is 11.1. The van der Waals surface area contributed by atoms with Crippen molar-refractivity contribution < 1.29 is 29.4 Å². The van der Waals surface area contributed by atoms with E-state index >= 15 is 0 Å². The maximum Gasteiger partial charge on any atom is 0.334 e. The van der Waals surface area contributed by atoms with E-state index in [1.54, 1.807) is 0 Å². The lowest BCUT2D eigenvalue weighted by molar-refractivity contribution is 0.262. The molecule has 2 N–H and O–H groups in total. The molecule has 0 saturated heterocycles. The van der Waals surface area contributed by atoms with Gasteiger partial charge in [0.2, 0.25) is 0 Å². The van der Waals surface area contributed by atoms with Crippen LogP contribution in [0.5, 0.6) is 0 Å². The van der Waals surface area contributed by atoms with Crippen LogP contribution in [0.1, 0.15) is 0 Å². The molecule has 0 spiro atoms. The minimum absolute atomic E-state index is 0.363. The number of hydrogen-bond donors (Lipinski definition) is 2. The lowest BCUT2D eigenvalue weighted by atomic mass is 10.3. The molecule has 7 nitrogen and oxygen atoms in total. The molecule has 128 valence electrons. The van der Waals surface area contributed by atoms with Gasteiger partial charge < -0.3 is 10.6 Å². The van der Waals surface area contributed by atoms with Gasteiger partial charge in [0, 0.05) is 0 Å². The van der Waals surface area contributed by atoms with Crippen molar-refractivity contribution in [2.24, 2.45) is 0 Å². The molecule has 0 bridgehead atoms. The van der Waals surface area contributed by atoms with E-state index in [-0.39, 0.29) is 11.4 Å². The molecule has 0 aromatic heterocycles. The van der Waals surface area contributed by atoms with E-state index in [2.05, 4.69) is 10.6 Å². The Morgan fingerprint density at radius 2 is 1.04 bits per heavy atom. The fourth-order valence-electron chi connectivity index (χ4n) is 1.84. The molecule has 0 saturated carbocycles. The summed E-state index contributed by atoms with van der Waals surface area (Å²) in [6.07, 6.45) is 0. The number of nitrogens with one attached hydrogen (secondary N) is 2. The van der Waals surface area contributed by atoms with E-state index < -0.39 is 36.3 Å². The predicted octanol–water partition coefficient (Wildman–Crippen LogP) is 2.65. The number of urea groups is 1. The number of carbonyl (C=O) groups excluding carboxylic acids is 1. The molecule has 0 fully saturated rings. The highest BCUT2D eigenvalue weighted by atomic mass is 32.3. The van der Waals surface area contributed by atoms with Crippen LogP contribution in [-0.2, 0) is 20.4 Å². The summed E-state index contributed by atoms with van der Waals surface area (Å²) < 4.78 is 70.3. The van der Waals surface area contributed by atoms with Crippen LogP contribution in [0.2, 0.25) is 0 Å². The second-order valence-corrected chi connectivity index (χ2v) is 7.08. The zero-order chi connectivity index (χ0) is 18.0. The van der Waals surface area contributed by atoms with Crippen LogP contribution in [0, 0.1) is 0 Å². The summed E-state index contributed by atoms with van der Waals surface area (Å²) in [4.78, 5) is 10.3. The van der Waals surface area contributed by atoms with Crippen LogP contribution in [0.15, 0.2) is 58.3 Å². The van der Waals surface area contributed by atoms with Gasteiger partial charge in [-0.3, -0.25) is 0 Å². The Morgan fingerprint density at radius 3 is 1.38 bits per heavy atom. The van der Waals surface area contributed by atoms with Crippen molar-refractivity contribution in [2.45, 2.75) is 9.79 Å². The zero-order valence-corrected chi connectivity index (χ0v) is 13.4. The van der Waals surface area contributed by atoms with E-state index in [0.717, 1.165) is 24.3 Å². The number of amides is 2. The first-order valence-electron chi connectivity index (χ1n) is 6.24. The highest BCUT2D eigenvalue weighted by molar-refractivity contribution is 7.86. The van der Waals surface area contributed by atoms with Crippen LogP contribution >= 0.6 is 0 Å². The number of anilines is 2. The number of para-hydroxylation sites is 2. The Hall–Kier alpha value is -2.53.